The van der Waals surface area contributed by atoms with Crippen molar-refractivity contribution in [1.29, 1.82) is 0 Å². The molecule has 0 saturated carbocycles. The largest absolute Gasteiger partial charge is 0.512 e. The van der Waals surface area contributed by atoms with E-state index in [0.29, 0.717) is 30.6 Å². The Morgan fingerprint density at radius 2 is 1.51 bits per heavy atom. The average Bonchev–Trinajstić information content (AvgIpc) is 2.98. The summed E-state index contributed by atoms with van der Waals surface area (Å²) in [5, 5.41) is 11.8. The average molecular weight is 697 g/mol. The van der Waals surface area contributed by atoms with Crippen molar-refractivity contribution in [3.05, 3.63) is 90.3 Å². The number of allylic oxidation sites excluding steroid dienone is 2. The number of hydrogen-bond donors (Lipinski definition) is 1. The molecule has 0 atom stereocenters. The Morgan fingerprint density at radius 1 is 0.872 bits per heavy atom. The van der Waals surface area contributed by atoms with Gasteiger partial charge in [-0.05, 0) is 57.0 Å². The molecule has 1 N–H and O–H groups in total. The van der Waals surface area contributed by atoms with E-state index in [1.165, 1.54) is 44.7 Å². The number of aliphatic hydroxyl groups is 1. The number of carbonyl (C=O) groups is 1. The quantitative estimate of drug-likeness (QED) is 0.109. The molecule has 1 radical (unpaired) electrons. The summed E-state index contributed by atoms with van der Waals surface area (Å²) in [7, 11) is 0. The van der Waals surface area contributed by atoms with Gasteiger partial charge in [-0.3, -0.25) is 4.79 Å². The van der Waals surface area contributed by atoms with E-state index in [1.807, 2.05) is 40.0 Å². The van der Waals surface area contributed by atoms with Crippen molar-refractivity contribution in [2.75, 3.05) is 0 Å². The minimum Gasteiger partial charge on any atom is -0.512 e. The molecular weight excluding hydrogens is 659 g/mol. The summed E-state index contributed by atoms with van der Waals surface area (Å²) in [4.78, 5) is 16.0. The Kier molecular flexibility index (Phi) is 10.4. The van der Waals surface area contributed by atoms with Gasteiger partial charge in [-0.2, -0.15) is 0 Å². The van der Waals surface area contributed by atoms with Crippen LogP contribution >= 0.6 is 0 Å². The van der Waals surface area contributed by atoms with Gasteiger partial charge >= 0.3 is 0 Å². The molecule has 205 valence electrons. The summed E-state index contributed by atoms with van der Waals surface area (Å²) >= 11 is 0. The maximum absolute atomic E-state index is 11.2. The molecule has 0 unspecified atom stereocenters. The Bertz CT molecular complexity index is 1480. The molecule has 5 rings (SSSR count). The fourth-order valence-corrected chi connectivity index (χ4v) is 5.01. The summed E-state index contributed by atoms with van der Waals surface area (Å²) in [6.45, 7) is 12.5. The van der Waals surface area contributed by atoms with Crippen LogP contribution in [0.15, 0.2) is 78.7 Å². The van der Waals surface area contributed by atoms with Crippen LogP contribution in [0.25, 0.3) is 44.3 Å². The second kappa shape index (κ2) is 13.3. The van der Waals surface area contributed by atoms with Crippen molar-refractivity contribution in [2.24, 2.45) is 11.8 Å². The van der Waals surface area contributed by atoms with Crippen molar-refractivity contribution < 1.29 is 30.0 Å². The second-order valence-corrected chi connectivity index (χ2v) is 11.3. The molecule has 0 amide bonds. The molecule has 3 aromatic carbocycles. The number of pyridine rings is 1. The van der Waals surface area contributed by atoms with E-state index in [0.717, 1.165) is 11.3 Å². The number of benzene rings is 3. The van der Waals surface area contributed by atoms with Crippen LogP contribution in [-0.4, -0.2) is 15.9 Å². The molecule has 4 heteroatoms. The zero-order valence-corrected chi connectivity index (χ0v) is 26.1. The molecule has 1 heterocycles. The van der Waals surface area contributed by atoms with Crippen molar-refractivity contribution in [1.82, 2.24) is 4.98 Å². The van der Waals surface area contributed by atoms with Crippen LogP contribution in [0.4, 0.5) is 0 Å². The van der Waals surface area contributed by atoms with Gasteiger partial charge in [0.25, 0.3) is 0 Å². The maximum Gasteiger partial charge on any atom is 0.159 e. The molecule has 39 heavy (non-hydrogen) atoms. The molecule has 1 aromatic heterocycles. The summed E-state index contributed by atoms with van der Waals surface area (Å²) in [6, 6.07) is 25.1. The number of aromatic nitrogens is 1. The number of ketones is 1. The third-order valence-electron chi connectivity index (χ3n) is 6.71. The van der Waals surface area contributed by atoms with Crippen LogP contribution in [0.3, 0.4) is 0 Å². The molecular formula is C35H38IrNO2-. The van der Waals surface area contributed by atoms with Crippen LogP contribution in [0, 0.1) is 17.9 Å². The first-order chi connectivity index (χ1) is 18.2. The van der Waals surface area contributed by atoms with Crippen molar-refractivity contribution in [2.45, 2.75) is 60.3 Å². The van der Waals surface area contributed by atoms with Crippen LogP contribution < -0.4 is 0 Å². The van der Waals surface area contributed by atoms with E-state index in [1.54, 1.807) is 0 Å². The summed E-state index contributed by atoms with van der Waals surface area (Å²) in [6.07, 6.45) is 4.39. The van der Waals surface area contributed by atoms with Crippen LogP contribution in [0.1, 0.15) is 65.9 Å². The molecule has 0 bridgehead atoms. The monoisotopic (exact) mass is 697 g/mol. The Hall–Kier alpha value is -3.07. The molecule has 1 aliphatic carbocycles. The third kappa shape index (κ3) is 7.12. The van der Waals surface area contributed by atoms with Crippen molar-refractivity contribution in [3.63, 3.8) is 0 Å². The number of fused-ring (bicyclic) bond motifs is 5. The molecule has 1 aliphatic rings. The van der Waals surface area contributed by atoms with E-state index in [2.05, 4.69) is 74.5 Å². The molecule has 3 nitrogen and oxygen atoms in total. The van der Waals surface area contributed by atoms with E-state index in [-0.39, 0.29) is 31.6 Å². The Balaban J connectivity index is 0.000000260. The van der Waals surface area contributed by atoms with Gasteiger partial charge in [0, 0.05) is 45.2 Å². The summed E-state index contributed by atoms with van der Waals surface area (Å²) in [5.74, 6) is 1.47. The van der Waals surface area contributed by atoms with E-state index >= 15 is 0 Å². The number of aliphatic hydroxyl groups excluding tert-OH is 1. The Labute approximate surface area is 246 Å². The number of hydrogen-bond acceptors (Lipinski definition) is 3. The van der Waals surface area contributed by atoms with Gasteiger partial charge in [-0.1, -0.05) is 89.1 Å². The van der Waals surface area contributed by atoms with Crippen molar-refractivity contribution >= 4 is 16.6 Å². The van der Waals surface area contributed by atoms with Crippen LogP contribution in [0.5, 0.6) is 0 Å². The standard InChI is InChI=1S/C24H18N.C11H20O2.Ir/c1-15(2)17-13-16-11-12-25-24-21-10-6-5-8-19(21)18-7-3-4-9-20(18)22(14-17)23(16)24;1-8(2)5-10(12)7-11(13)6-9(3)4;/h3-9,11-15H,1-2H3;7-9,12H,5-6H2,1-4H3;/q-1;;/b;10-7-;. The van der Waals surface area contributed by atoms with Crippen LogP contribution in [0.2, 0.25) is 0 Å². The van der Waals surface area contributed by atoms with Gasteiger partial charge in [0.2, 0.25) is 0 Å². The van der Waals surface area contributed by atoms with E-state index in [9.17, 15) is 9.90 Å². The normalized spacial score (nSPS) is 11.9. The SMILES string of the molecule is CC(C)CC(=O)/C=C(\O)CC(C)C.CC(C)c1cc2c3c(nccc3c1)-c1[c-]cccc1-c1ccccc1-2.[Ir]. The minimum atomic E-state index is 0. The predicted molar refractivity (Wildman–Crippen MR) is 159 cm³/mol. The summed E-state index contributed by atoms with van der Waals surface area (Å²) in [5.41, 5.74) is 8.53. The topological polar surface area (TPSA) is 50.2 Å². The molecule has 4 aromatic rings. The second-order valence-electron chi connectivity index (χ2n) is 11.3. The first-order valence-electron chi connectivity index (χ1n) is 13.6. The van der Waals surface area contributed by atoms with Crippen LogP contribution in [-0.2, 0) is 24.9 Å². The predicted octanol–water partition coefficient (Wildman–Crippen LogP) is 9.56. The van der Waals surface area contributed by atoms with E-state index in [4.69, 9.17) is 4.98 Å². The number of rotatable bonds is 6. The van der Waals surface area contributed by atoms with Gasteiger partial charge in [-0.25, -0.2) is 0 Å². The minimum absolute atomic E-state index is 0. The molecule has 0 fully saturated rings. The first-order valence-corrected chi connectivity index (χ1v) is 13.6. The van der Waals surface area contributed by atoms with Gasteiger partial charge in [-0.15, -0.1) is 29.8 Å². The molecule has 0 spiro atoms. The fraction of sp³-hybridized carbons (Fsp3) is 0.314. The third-order valence-corrected chi connectivity index (χ3v) is 6.71. The first kappa shape index (κ1) is 30.5. The molecule has 0 aliphatic heterocycles. The maximum atomic E-state index is 11.2. The van der Waals surface area contributed by atoms with Crippen molar-refractivity contribution in [3.8, 4) is 33.5 Å². The summed E-state index contributed by atoms with van der Waals surface area (Å²) < 4.78 is 0. The van der Waals surface area contributed by atoms with Gasteiger partial charge < -0.3 is 10.1 Å². The fourth-order valence-electron chi connectivity index (χ4n) is 5.01. The van der Waals surface area contributed by atoms with Gasteiger partial charge in [0.15, 0.2) is 5.78 Å². The number of nitrogens with zero attached hydrogens (tertiary/aromatic N) is 1. The molecule has 0 saturated heterocycles. The zero-order valence-electron chi connectivity index (χ0n) is 23.7. The smallest absolute Gasteiger partial charge is 0.159 e. The Morgan fingerprint density at radius 3 is 2.15 bits per heavy atom. The number of carbonyl (C=O) groups excluding carboxylic acids is 1. The van der Waals surface area contributed by atoms with Gasteiger partial charge in [0.1, 0.15) is 0 Å². The van der Waals surface area contributed by atoms with Gasteiger partial charge in [0.05, 0.1) is 5.76 Å². The van der Waals surface area contributed by atoms with E-state index < -0.39 is 0 Å². The zero-order chi connectivity index (χ0) is 27.4.